The summed E-state index contributed by atoms with van der Waals surface area (Å²) < 4.78 is 2.09. The molecular formula is C16H18N4O2S. The van der Waals surface area contributed by atoms with Crippen molar-refractivity contribution in [3.05, 3.63) is 47.0 Å². The number of aromatic amines is 1. The molecule has 0 atom stereocenters. The molecule has 6 nitrogen and oxygen atoms in total. The number of carbonyl (C=O) groups is 2. The van der Waals surface area contributed by atoms with E-state index in [0.29, 0.717) is 10.5 Å². The molecule has 2 N–H and O–H groups in total. The number of H-pyrrole nitrogens is 1. The van der Waals surface area contributed by atoms with Crippen LogP contribution in [0.5, 0.6) is 0 Å². The van der Waals surface area contributed by atoms with Crippen LogP contribution in [0, 0.1) is 4.77 Å². The Morgan fingerprint density at radius 1 is 1.17 bits per heavy atom. The zero-order valence-corrected chi connectivity index (χ0v) is 13.4. The molecule has 1 saturated heterocycles. The van der Waals surface area contributed by atoms with Gasteiger partial charge in [-0.1, -0.05) is 18.2 Å². The predicted molar refractivity (Wildman–Crippen MR) is 89.1 cm³/mol. The first-order valence-corrected chi connectivity index (χ1v) is 7.99. The monoisotopic (exact) mass is 330 g/mol. The average Bonchev–Trinajstić information content (AvgIpc) is 3.22. The number of likely N-dealkylation sites (tertiary alicyclic amines) is 1. The molecule has 0 aliphatic carbocycles. The zero-order valence-electron chi connectivity index (χ0n) is 12.6. The van der Waals surface area contributed by atoms with Crippen LogP contribution in [0.1, 0.15) is 23.3 Å². The molecule has 0 bridgehead atoms. The Labute approximate surface area is 139 Å². The summed E-state index contributed by atoms with van der Waals surface area (Å²) in [6, 6.07) is 9.39. The summed E-state index contributed by atoms with van der Waals surface area (Å²) in [4.78, 5) is 29.1. The number of para-hydroxylation sites is 1. The molecule has 2 heterocycles. The fourth-order valence-electron chi connectivity index (χ4n) is 2.69. The molecule has 1 aliphatic rings. The van der Waals surface area contributed by atoms with E-state index in [4.69, 9.17) is 12.2 Å². The van der Waals surface area contributed by atoms with Gasteiger partial charge in [0.2, 0.25) is 5.91 Å². The summed E-state index contributed by atoms with van der Waals surface area (Å²) >= 11 is 5.25. The Hall–Kier alpha value is -2.41. The Balaban J connectivity index is 1.73. The van der Waals surface area contributed by atoms with Crippen molar-refractivity contribution in [3.63, 3.8) is 0 Å². The van der Waals surface area contributed by atoms with Gasteiger partial charge in [-0.25, -0.2) is 0 Å². The fraction of sp³-hybridized carbons (Fsp3) is 0.312. The minimum atomic E-state index is -0.325. The van der Waals surface area contributed by atoms with E-state index >= 15 is 0 Å². The lowest BCUT2D eigenvalue weighted by atomic mass is 10.3. The SMILES string of the molecule is O=C(NCC(=O)N1CCCC1)c1c[nH]c(=S)n1-c1ccccc1. The zero-order chi connectivity index (χ0) is 16.2. The number of hydrogen-bond acceptors (Lipinski definition) is 3. The second kappa shape index (κ2) is 6.78. The molecule has 1 fully saturated rings. The van der Waals surface area contributed by atoms with E-state index in [1.54, 1.807) is 15.7 Å². The molecule has 120 valence electrons. The third kappa shape index (κ3) is 3.34. The number of imidazole rings is 1. The van der Waals surface area contributed by atoms with Gasteiger partial charge in [0.15, 0.2) is 4.77 Å². The maximum absolute atomic E-state index is 12.4. The van der Waals surface area contributed by atoms with Crippen molar-refractivity contribution in [3.8, 4) is 5.69 Å². The molecule has 0 spiro atoms. The van der Waals surface area contributed by atoms with Crippen LogP contribution in [0.3, 0.4) is 0 Å². The molecule has 3 rings (SSSR count). The number of rotatable bonds is 4. The number of nitrogens with zero attached hydrogens (tertiary/aromatic N) is 2. The van der Waals surface area contributed by atoms with E-state index in [1.807, 2.05) is 30.3 Å². The van der Waals surface area contributed by atoms with Gasteiger partial charge in [-0.2, -0.15) is 0 Å². The van der Waals surface area contributed by atoms with Crippen LogP contribution < -0.4 is 5.32 Å². The summed E-state index contributed by atoms with van der Waals surface area (Å²) in [7, 11) is 0. The third-order valence-corrected chi connectivity index (χ3v) is 4.18. The molecule has 23 heavy (non-hydrogen) atoms. The van der Waals surface area contributed by atoms with Gasteiger partial charge in [-0.3, -0.25) is 14.2 Å². The predicted octanol–water partition coefficient (Wildman–Crippen LogP) is 1.89. The maximum atomic E-state index is 12.4. The molecule has 2 amide bonds. The number of amides is 2. The molecule has 0 saturated carbocycles. The number of hydrogen-bond donors (Lipinski definition) is 2. The Morgan fingerprint density at radius 2 is 1.87 bits per heavy atom. The van der Waals surface area contributed by atoms with Gasteiger partial charge in [0.1, 0.15) is 5.69 Å². The summed E-state index contributed by atoms with van der Waals surface area (Å²) in [5.41, 5.74) is 1.19. The van der Waals surface area contributed by atoms with Crippen LogP contribution >= 0.6 is 12.2 Å². The smallest absolute Gasteiger partial charge is 0.270 e. The standard InChI is InChI=1S/C16H18N4O2S/c21-14(19-8-4-5-9-19)11-17-15(22)13-10-18-16(23)20(13)12-6-2-1-3-7-12/h1-3,6-7,10H,4-5,8-9,11H2,(H,17,22)(H,18,23). The van der Waals surface area contributed by atoms with E-state index in [1.165, 1.54) is 0 Å². The molecule has 1 aromatic carbocycles. The minimum Gasteiger partial charge on any atom is -0.342 e. The summed E-state index contributed by atoms with van der Waals surface area (Å²) in [5.74, 6) is -0.370. The Morgan fingerprint density at radius 3 is 2.57 bits per heavy atom. The van der Waals surface area contributed by atoms with Crippen LogP contribution in [0.2, 0.25) is 0 Å². The first-order valence-electron chi connectivity index (χ1n) is 7.58. The lowest BCUT2D eigenvalue weighted by molar-refractivity contribution is -0.129. The van der Waals surface area contributed by atoms with Crippen LogP contribution in [0.25, 0.3) is 5.69 Å². The number of aromatic nitrogens is 2. The molecule has 2 aromatic rings. The van der Waals surface area contributed by atoms with Crippen molar-refractivity contribution in [1.82, 2.24) is 19.8 Å². The Kier molecular flexibility index (Phi) is 4.57. The number of nitrogens with one attached hydrogen (secondary N) is 2. The van der Waals surface area contributed by atoms with Crippen molar-refractivity contribution in [1.29, 1.82) is 0 Å². The van der Waals surface area contributed by atoms with Crippen molar-refractivity contribution >= 4 is 24.0 Å². The van der Waals surface area contributed by atoms with Gasteiger partial charge in [0.05, 0.1) is 6.54 Å². The molecular weight excluding hydrogens is 312 g/mol. The number of carbonyl (C=O) groups excluding carboxylic acids is 2. The first kappa shape index (κ1) is 15.5. The largest absolute Gasteiger partial charge is 0.342 e. The van der Waals surface area contributed by atoms with Crippen LogP contribution in [-0.4, -0.2) is 45.9 Å². The minimum absolute atomic E-state index is 0.00552. The van der Waals surface area contributed by atoms with Gasteiger partial charge in [-0.15, -0.1) is 0 Å². The molecule has 7 heteroatoms. The average molecular weight is 330 g/mol. The van der Waals surface area contributed by atoms with Gasteiger partial charge in [-0.05, 0) is 37.2 Å². The van der Waals surface area contributed by atoms with Crippen LogP contribution in [0.4, 0.5) is 0 Å². The fourth-order valence-corrected chi connectivity index (χ4v) is 2.96. The molecule has 1 aromatic heterocycles. The van der Waals surface area contributed by atoms with Crippen LogP contribution in [-0.2, 0) is 4.79 Å². The van der Waals surface area contributed by atoms with Crippen molar-refractivity contribution < 1.29 is 9.59 Å². The quantitative estimate of drug-likeness (QED) is 0.841. The highest BCUT2D eigenvalue weighted by Gasteiger charge is 2.20. The van der Waals surface area contributed by atoms with Crippen molar-refractivity contribution in [2.24, 2.45) is 0 Å². The first-order chi connectivity index (χ1) is 11.2. The van der Waals surface area contributed by atoms with Gasteiger partial charge in [0, 0.05) is 25.0 Å². The van der Waals surface area contributed by atoms with Gasteiger partial charge < -0.3 is 15.2 Å². The lowest BCUT2D eigenvalue weighted by Gasteiger charge is -2.15. The van der Waals surface area contributed by atoms with Gasteiger partial charge >= 0.3 is 0 Å². The summed E-state index contributed by atoms with van der Waals surface area (Å²) in [6.07, 6.45) is 3.63. The second-order valence-electron chi connectivity index (χ2n) is 5.42. The normalized spacial score (nSPS) is 14.0. The maximum Gasteiger partial charge on any atom is 0.270 e. The van der Waals surface area contributed by atoms with Crippen LogP contribution in [0.15, 0.2) is 36.5 Å². The molecule has 1 aliphatic heterocycles. The highest BCUT2D eigenvalue weighted by atomic mass is 32.1. The van der Waals surface area contributed by atoms with E-state index < -0.39 is 0 Å². The highest BCUT2D eigenvalue weighted by Crippen LogP contribution is 2.12. The second-order valence-corrected chi connectivity index (χ2v) is 5.81. The summed E-state index contributed by atoms with van der Waals surface area (Å²) in [6.45, 7) is 1.56. The third-order valence-electron chi connectivity index (χ3n) is 3.88. The van der Waals surface area contributed by atoms with Crippen molar-refractivity contribution in [2.45, 2.75) is 12.8 Å². The molecule has 0 radical (unpaired) electrons. The lowest BCUT2D eigenvalue weighted by Crippen LogP contribution is -2.39. The molecule has 0 unspecified atom stereocenters. The van der Waals surface area contributed by atoms with E-state index in [0.717, 1.165) is 31.6 Å². The number of benzene rings is 1. The topological polar surface area (TPSA) is 70.1 Å². The highest BCUT2D eigenvalue weighted by molar-refractivity contribution is 7.71. The van der Waals surface area contributed by atoms with Crippen molar-refractivity contribution in [2.75, 3.05) is 19.6 Å². The van der Waals surface area contributed by atoms with Gasteiger partial charge in [0.25, 0.3) is 5.91 Å². The van der Waals surface area contributed by atoms with E-state index in [9.17, 15) is 9.59 Å². The van der Waals surface area contributed by atoms with E-state index in [2.05, 4.69) is 10.3 Å². The summed E-state index contributed by atoms with van der Waals surface area (Å²) in [5, 5.41) is 2.68. The Bertz CT molecular complexity index is 760. The van der Waals surface area contributed by atoms with E-state index in [-0.39, 0.29) is 18.4 Å².